The van der Waals surface area contributed by atoms with Gasteiger partial charge in [-0.05, 0) is 13.0 Å². The summed E-state index contributed by atoms with van der Waals surface area (Å²) in [6, 6.07) is 15.2. The highest BCUT2D eigenvalue weighted by Gasteiger charge is 2.13. The molecule has 108 valence electrons. The molecule has 0 spiro atoms. The van der Waals surface area contributed by atoms with E-state index in [9.17, 15) is 0 Å². The van der Waals surface area contributed by atoms with Crippen LogP contribution >= 0.6 is 0 Å². The van der Waals surface area contributed by atoms with E-state index in [0.717, 1.165) is 0 Å². The van der Waals surface area contributed by atoms with E-state index in [0.29, 0.717) is 12.3 Å². The van der Waals surface area contributed by atoms with Crippen LogP contribution in [0.25, 0.3) is 0 Å². The summed E-state index contributed by atoms with van der Waals surface area (Å²) in [4.78, 5) is 0. The molecule has 5 heteroatoms. The van der Waals surface area contributed by atoms with Crippen molar-refractivity contribution in [2.24, 2.45) is 0 Å². The molecule has 0 aliphatic carbocycles. The zero-order chi connectivity index (χ0) is 15.2. The Morgan fingerprint density at radius 3 is 2.15 bits per heavy atom. The SMILES string of the molecule is CS(=O)(=O)[O-].Cc1ccc[n+]([C@@H](C)c2ccccc2)c1. The molecule has 2 aromatic rings. The Morgan fingerprint density at radius 2 is 1.65 bits per heavy atom. The van der Waals surface area contributed by atoms with Gasteiger partial charge in [-0.2, -0.15) is 4.57 Å². The van der Waals surface area contributed by atoms with Gasteiger partial charge >= 0.3 is 0 Å². The molecule has 1 aromatic heterocycles. The maximum Gasteiger partial charge on any atom is 0.180 e. The fourth-order valence-corrected chi connectivity index (χ4v) is 1.76. The van der Waals surface area contributed by atoms with Gasteiger partial charge in [-0.1, -0.05) is 30.3 Å². The van der Waals surface area contributed by atoms with Gasteiger partial charge in [-0.3, -0.25) is 0 Å². The van der Waals surface area contributed by atoms with Crippen LogP contribution in [0.1, 0.15) is 24.1 Å². The molecule has 1 heterocycles. The van der Waals surface area contributed by atoms with Crippen LogP contribution in [-0.4, -0.2) is 19.2 Å². The molecule has 4 nitrogen and oxygen atoms in total. The summed E-state index contributed by atoms with van der Waals surface area (Å²) in [5.41, 5.74) is 2.63. The summed E-state index contributed by atoms with van der Waals surface area (Å²) in [5.74, 6) is 0. The quantitative estimate of drug-likeness (QED) is 0.629. The van der Waals surface area contributed by atoms with E-state index in [-0.39, 0.29) is 0 Å². The molecule has 20 heavy (non-hydrogen) atoms. The Balaban J connectivity index is 0.000000347. The van der Waals surface area contributed by atoms with Crippen LogP contribution in [0.3, 0.4) is 0 Å². The zero-order valence-electron chi connectivity index (χ0n) is 11.9. The minimum atomic E-state index is -3.92. The summed E-state index contributed by atoms with van der Waals surface area (Å²) >= 11 is 0. The standard InChI is InChI=1S/C14H16N.CH4O3S/c1-12-7-6-10-15(11-12)13(2)14-8-4-3-5-9-14;1-5(2,3)4/h3-11,13H,1-2H3;1H3,(H,2,3,4)/q+1;/p-1/t13-;/m0./s1. The van der Waals surface area contributed by atoms with Crippen molar-refractivity contribution in [1.82, 2.24) is 0 Å². The largest absolute Gasteiger partial charge is 0.748 e. The van der Waals surface area contributed by atoms with Gasteiger partial charge < -0.3 is 4.55 Å². The van der Waals surface area contributed by atoms with E-state index < -0.39 is 10.1 Å². The number of benzene rings is 1. The van der Waals surface area contributed by atoms with Gasteiger partial charge in [0.25, 0.3) is 0 Å². The monoisotopic (exact) mass is 293 g/mol. The van der Waals surface area contributed by atoms with E-state index in [1.807, 2.05) is 0 Å². The Kier molecular flexibility index (Phi) is 5.85. The van der Waals surface area contributed by atoms with Crippen molar-refractivity contribution in [1.29, 1.82) is 0 Å². The molecule has 0 unspecified atom stereocenters. The molecule has 0 N–H and O–H groups in total. The summed E-state index contributed by atoms with van der Waals surface area (Å²) < 4.78 is 29.5. The van der Waals surface area contributed by atoms with Gasteiger partial charge in [0.05, 0.1) is 10.1 Å². The smallest absolute Gasteiger partial charge is 0.180 e. The number of pyridine rings is 1. The molecule has 1 aromatic carbocycles. The lowest BCUT2D eigenvalue weighted by atomic mass is 10.1. The minimum Gasteiger partial charge on any atom is -0.748 e. The maximum absolute atomic E-state index is 9.08. The van der Waals surface area contributed by atoms with Crippen molar-refractivity contribution in [3.8, 4) is 0 Å². The molecule has 0 aliphatic rings. The molecule has 0 fully saturated rings. The molecule has 2 rings (SSSR count). The first-order valence-electron chi connectivity index (χ1n) is 6.20. The summed E-state index contributed by atoms with van der Waals surface area (Å²) in [7, 11) is -3.92. The predicted molar refractivity (Wildman–Crippen MR) is 77.3 cm³/mol. The molecule has 0 bridgehead atoms. The molecule has 1 atom stereocenters. The molecular weight excluding hydrogens is 274 g/mol. The van der Waals surface area contributed by atoms with Crippen molar-refractivity contribution in [3.63, 3.8) is 0 Å². The van der Waals surface area contributed by atoms with E-state index >= 15 is 0 Å². The van der Waals surface area contributed by atoms with Crippen molar-refractivity contribution >= 4 is 10.1 Å². The van der Waals surface area contributed by atoms with E-state index in [2.05, 4.69) is 73.3 Å². The van der Waals surface area contributed by atoms with E-state index in [1.54, 1.807) is 0 Å². The van der Waals surface area contributed by atoms with Crippen LogP contribution in [0.5, 0.6) is 0 Å². The van der Waals surface area contributed by atoms with Gasteiger partial charge in [0.2, 0.25) is 0 Å². The minimum absolute atomic E-state index is 0.395. The maximum atomic E-state index is 9.08. The van der Waals surface area contributed by atoms with Crippen LogP contribution in [0, 0.1) is 6.92 Å². The second kappa shape index (κ2) is 7.17. The number of nitrogens with zero attached hydrogens (tertiary/aromatic N) is 1. The topological polar surface area (TPSA) is 61.1 Å². The summed E-state index contributed by atoms with van der Waals surface area (Å²) in [6.07, 6.45) is 4.90. The average Bonchev–Trinajstić information content (AvgIpc) is 2.37. The van der Waals surface area contributed by atoms with Crippen LogP contribution in [-0.2, 0) is 10.1 Å². The number of hydrogen-bond acceptors (Lipinski definition) is 3. The molecule has 0 saturated carbocycles. The predicted octanol–water partition coefficient (Wildman–Crippen LogP) is 2.05. The Morgan fingerprint density at radius 1 is 1.10 bits per heavy atom. The van der Waals surface area contributed by atoms with Gasteiger partial charge in [0.15, 0.2) is 18.4 Å². The Hall–Kier alpha value is -1.72. The highest BCUT2D eigenvalue weighted by molar-refractivity contribution is 7.84. The summed E-state index contributed by atoms with van der Waals surface area (Å²) in [5, 5.41) is 0. The third-order valence-corrected chi connectivity index (χ3v) is 2.70. The lowest BCUT2D eigenvalue weighted by Gasteiger charge is -2.07. The molecule has 0 aliphatic heterocycles. The number of hydrogen-bond donors (Lipinski definition) is 0. The number of aromatic nitrogens is 1. The first kappa shape index (κ1) is 16.3. The van der Waals surface area contributed by atoms with Crippen LogP contribution in [0.4, 0.5) is 0 Å². The van der Waals surface area contributed by atoms with Crippen molar-refractivity contribution in [3.05, 3.63) is 66.0 Å². The number of rotatable bonds is 2. The Labute approximate surface area is 120 Å². The third kappa shape index (κ3) is 6.45. The highest BCUT2D eigenvalue weighted by atomic mass is 32.2. The molecule has 0 radical (unpaired) electrons. The van der Waals surface area contributed by atoms with Crippen LogP contribution in [0.15, 0.2) is 54.9 Å². The fraction of sp³-hybridized carbons (Fsp3) is 0.267. The highest BCUT2D eigenvalue weighted by Crippen LogP contribution is 2.10. The van der Waals surface area contributed by atoms with E-state index in [4.69, 9.17) is 13.0 Å². The molecule has 0 saturated heterocycles. The average molecular weight is 293 g/mol. The zero-order valence-corrected chi connectivity index (χ0v) is 12.7. The first-order valence-corrected chi connectivity index (χ1v) is 8.02. The molecular formula is C15H19NO3S. The van der Waals surface area contributed by atoms with Crippen LogP contribution in [0.2, 0.25) is 0 Å². The van der Waals surface area contributed by atoms with E-state index in [1.165, 1.54) is 11.1 Å². The van der Waals surface area contributed by atoms with Crippen molar-refractivity contribution < 1.29 is 17.5 Å². The van der Waals surface area contributed by atoms with Gasteiger partial charge in [-0.15, -0.1) is 0 Å². The lowest BCUT2D eigenvalue weighted by molar-refractivity contribution is -0.710. The van der Waals surface area contributed by atoms with Crippen molar-refractivity contribution in [2.45, 2.75) is 19.9 Å². The second-order valence-corrected chi connectivity index (χ2v) is 6.03. The summed E-state index contributed by atoms with van der Waals surface area (Å²) in [6.45, 7) is 4.34. The van der Waals surface area contributed by atoms with Gasteiger partial charge in [0, 0.05) is 30.4 Å². The van der Waals surface area contributed by atoms with Crippen LogP contribution < -0.4 is 4.57 Å². The lowest BCUT2D eigenvalue weighted by Crippen LogP contribution is -2.37. The second-order valence-electron chi connectivity index (χ2n) is 4.62. The fourth-order valence-electron chi connectivity index (χ4n) is 1.76. The number of aryl methyl sites for hydroxylation is 1. The van der Waals surface area contributed by atoms with Crippen molar-refractivity contribution in [2.75, 3.05) is 6.26 Å². The normalized spacial score (nSPS) is 12.2. The Bertz CT molecular complexity index is 631. The molecule has 0 amide bonds. The van der Waals surface area contributed by atoms with Gasteiger partial charge in [-0.25, -0.2) is 8.42 Å². The van der Waals surface area contributed by atoms with Gasteiger partial charge in [0.1, 0.15) is 0 Å². The first-order chi connectivity index (χ1) is 9.27. The third-order valence-electron chi connectivity index (χ3n) is 2.70.